The van der Waals surface area contributed by atoms with Gasteiger partial charge in [0.05, 0.1) is 0 Å². The van der Waals surface area contributed by atoms with Gasteiger partial charge in [-0.05, 0) is 61.9 Å². The van der Waals surface area contributed by atoms with Crippen molar-refractivity contribution in [2.75, 3.05) is 7.05 Å². The van der Waals surface area contributed by atoms with Crippen molar-refractivity contribution in [2.24, 2.45) is 11.8 Å². The van der Waals surface area contributed by atoms with Crippen LogP contribution in [0.1, 0.15) is 38.2 Å². The van der Waals surface area contributed by atoms with Crippen molar-refractivity contribution in [1.82, 2.24) is 5.32 Å². The van der Waals surface area contributed by atoms with Crippen LogP contribution in [0.5, 0.6) is 0 Å². The van der Waals surface area contributed by atoms with Gasteiger partial charge in [-0.1, -0.05) is 31.4 Å². The summed E-state index contributed by atoms with van der Waals surface area (Å²) in [5.74, 6) is 1.33. The average Bonchev–Trinajstić information content (AvgIpc) is 2.41. The van der Waals surface area contributed by atoms with E-state index in [4.69, 9.17) is 11.6 Å². The number of nitrogens with one attached hydrogen (secondary N) is 1. The van der Waals surface area contributed by atoms with E-state index in [1.54, 1.807) is 12.1 Å². The van der Waals surface area contributed by atoms with Crippen LogP contribution in [-0.4, -0.2) is 13.1 Å². The van der Waals surface area contributed by atoms with E-state index >= 15 is 0 Å². The molecule has 1 fully saturated rings. The molecule has 0 radical (unpaired) electrons. The van der Waals surface area contributed by atoms with Gasteiger partial charge in [0.15, 0.2) is 0 Å². The van der Waals surface area contributed by atoms with Crippen molar-refractivity contribution < 1.29 is 4.39 Å². The maximum absolute atomic E-state index is 13.3. The first-order chi connectivity index (χ1) is 9.10. The summed E-state index contributed by atoms with van der Waals surface area (Å²) >= 11 is 6.16. The van der Waals surface area contributed by atoms with Crippen LogP contribution >= 0.6 is 11.6 Å². The van der Waals surface area contributed by atoms with Gasteiger partial charge in [0.25, 0.3) is 0 Å². The Labute approximate surface area is 120 Å². The number of hydrogen-bond donors (Lipinski definition) is 1. The van der Waals surface area contributed by atoms with E-state index in [1.165, 1.54) is 31.7 Å². The summed E-state index contributed by atoms with van der Waals surface area (Å²) in [5, 5.41) is 4.07. The average molecular weight is 284 g/mol. The summed E-state index contributed by atoms with van der Waals surface area (Å²) in [4.78, 5) is 0. The molecule has 2 rings (SSSR count). The van der Waals surface area contributed by atoms with Crippen LogP contribution in [0.25, 0.3) is 0 Å². The molecule has 0 bridgehead atoms. The van der Waals surface area contributed by atoms with Crippen molar-refractivity contribution in [3.05, 3.63) is 34.6 Å². The fourth-order valence-electron chi connectivity index (χ4n) is 3.13. The molecular weight excluding hydrogens is 261 g/mol. The number of likely N-dealkylation sites (N-methyl/N-ethyl adjacent to an activating group) is 1. The van der Waals surface area contributed by atoms with Gasteiger partial charge in [0.2, 0.25) is 0 Å². The topological polar surface area (TPSA) is 12.0 Å². The van der Waals surface area contributed by atoms with Crippen LogP contribution < -0.4 is 5.32 Å². The molecule has 1 N–H and O–H groups in total. The Balaban J connectivity index is 2.04. The second kappa shape index (κ2) is 6.71. The fraction of sp³-hybridized carbons (Fsp3) is 0.625. The van der Waals surface area contributed by atoms with E-state index in [1.807, 2.05) is 7.05 Å². The number of benzene rings is 1. The fourth-order valence-corrected chi connectivity index (χ4v) is 3.32. The molecule has 0 heterocycles. The predicted molar refractivity (Wildman–Crippen MR) is 79.1 cm³/mol. The van der Waals surface area contributed by atoms with Crippen LogP contribution in [0, 0.1) is 17.7 Å². The summed E-state index contributed by atoms with van der Waals surface area (Å²) in [6, 6.07) is 5.04. The normalized spacial score (nSPS) is 25.3. The second-order valence-electron chi connectivity index (χ2n) is 5.85. The molecule has 1 aromatic carbocycles. The molecular formula is C16H23ClFN. The quantitative estimate of drug-likeness (QED) is 0.862. The zero-order chi connectivity index (χ0) is 13.8. The Morgan fingerprint density at radius 2 is 2.00 bits per heavy atom. The Bertz CT molecular complexity index is 413. The van der Waals surface area contributed by atoms with E-state index in [0.29, 0.717) is 17.0 Å². The van der Waals surface area contributed by atoms with E-state index < -0.39 is 0 Å². The molecule has 1 aromatic rings. The highest BCUT2D eigenvalue weighted by Crippen LogP contribution is 2.32. The summed E-state index contributed by atoms with van der Waals surface area (Å²) in [6.07, 6.45) is 5.95. The highest BCUT2D eigenvalue weighted by Gasteiger charge is 2.25. The largest absolute Gasteiger partial charge is 0.316 e. The Morgan fingerprint density at radius 3 is 2.63 bits per heavy atom. The molecule has 0 spiro atoms. The lowest BCUT2D eigenvalue weighted by atomic mass is 9.78. The van der Waals surface area contributed by atoms with Crippen LogP contribution in [0.3, 0.4) is 0 Å². The van der Waals surface area contributed by atoms with Crippen molar-refractivity contribution in [2.45, 2.75) is 45.1 Å². The third-order valence-electron chi connectivity index (χ3n) is 4.45. The van der Waals surface area contributed by atoms with Gasteiger partial charge < -0.3 is 5.32 Å². The van der Waals surface area contributed by atoms with Gasteiger partial charge in [0.1, 0.15) is 5.82 Å². The number of halogens is 2. The van der Waals surface area contributed by atoms with Crippen molar-refractivity contribution in [3.63, 3.8) is 0 Å². The summed E-state index contributed by atoms with van der Waals surface area (Å²) in [6.45, 7) is 2.33. The lowest BCUT2D eigenvalue weighted by Gasteiger charge is -2.33. The molecule has 1 aliphatic carbocycles. The summed E-state index contributed by atoms with van der Waals surface area (Å²) in [7, 11) is 2.00. The van der Waals surface area contributed by atoms with E-state index in [9.17, 15) is 4.39 Å². The molecule has 1 aliphatic rings. The van der Waals surface area contributed by atoms with Gasteiger partial charge >= 0.3 is 0 Å². The lowest BCUT2D eigenvalue weighted by molar-refractivity contribution is 0.235. The lowest BCUT2D eigenvalue weighted by Crippen LogP contribution is -2.37. The molecule has 0 amide bonds. The highest BCUT2D eigenvalue weighted by molar-refractivity contribution is 6.31. The van der Waals surface area contributed by atoms with E-state index in [2.05, 4.69) is 12.2 Å². The first-order valence-electron chi connectivity index (χ1n) is 7.21. The maximum atomic E-state index is 13.3. The number of hydrogen-bond acceptors (Lipinski definition) is 1. The minimum absolute atomic E-state index is 0.202. The zero-order valence-electron chi connectivity index (χ0n) is 11.8. The van der Waals surface area contributed by atoms with Gasteiger partial charge in [0, 0.05) is 11.1 Å². The SMILES string of the molecule is CNC(Cc1cc(F)ccc1Cl)C1CCC(C)CC1. The molecule has 106 valence electrons. The monoisotopic (exact) mass is 283 g/mol. The van der Waals surface area contributed by atoms with Crippen molar-refractivity contribution in [3.8, 4) is 0 Å². The van der Waals surface area contributed by atoms with Crippen LogP contribution in [-0.2, 0) is 6.42 Å². The smallest absolute Gasteiger partial charge is 0.123 e. The van der Waals surface area contributed by atoms with E-state index in [0.717, 1.165) is 17.9 Å². The second-order valence-corrected chi connectivity index (χ2v) is 6.26. The highest BCUT2D eigenvalue weighted by atomic mass is 35.5. The standard InChI is InChI=1S/C16H23ClFN/c1-11-3-5-12(6-4-11)16(19-2)10-13-9-14(18)7-8-15(13)17/h7-9,11-12,16,19H,3-6,10H2,1-2H3. The van der Waals surface area contributed by atoms with Gasteiger partial charge in [-0.3, -0.25) is 0 Å². The molecule has 1 unspecified atom stereocenters. The Hall–Kier alpha value is -0.600. The zero-order valence-corrected chi connectivity index (χ0v) is 12.5. The summed E-state index contributed by atoms with van der Waals surface area (Å²) < 4.78 is 13.3. The number of rotatable bonds is 4. The minimum Gasteiger partial charge on any atom is -0.316 e. The third kappa shape index (κ3) is 3.93. The van der Waals surface area contributed by atoms with Gasteiger partial charge in [-0.15, -0.1) is 0 Å². The molecule has 19 heavy (non-hydrogen) atoms. The van der Waals surface area contributed by atoms with Crippen molar-refractivity contribution in [1.29, 1.82) is 0 Å². The molecule has 3 heteroatoms. The molecule has 0 aliphatic heterocycles. The molecule has 0 saturated heterocycles. The first-order valence-corrected chi connectivity index (χ1v) is 7.59. The first kappa shape index (κ1) is 14.8. The molecule has 1 nitrogen and oxygen atoms in total. The summed E-state index contributed by atoms with van der Waals surface area (Å²) in [5.41, 5.74) is 0.916. The van der Waals surface area contributed by atoms with Crippen LogP contribution in [0.2, 0.25) is 5.02 Å². The Kier molecular flexibility index (Phi) is 5.23. The van der Waals surface area contributed by atoms with Crippen LogP contribution in [0.15, 0.2) is 18.2 Å². The van der Waals surface area contributed by atoms with Crippen molar-refractivity contribution >= 4 is 11.6 Å². The van der Waals surface area contributed by atoms with E-state index in [-0.39, 0.29) is 5.82 Å². The molecule has 0 aromatic heterocycles. The predicted octanol–water partition coefficient (Wildman–Crippen LogP) is 4.44. The van der Waals surface area contributed by atoms with Gasteiger partial charge in [-0.25, -0.2) is 4.39 Å². The van der Waals surface area contributed by atoms with Gasteiger partial charge in [-0.2, -0.15) is 0 Å². The van der Waals surface area contributed by atoms with Crippen LogP contribution in [0.4, 0.5) is 4.39 Å². The Morgan fingerprint density at radius 1 is 1.32 bits per heavy atom. The third-order valence-corrected chi connectivity index (χ3v) is 4.82. The molecule has 1 saturated carbocycles. The maximum Gasteiger partial charge on any atom is 0.123 e. The molecule has 1 atom stereocenters. The minimum atomic E-state index is -0.202.